The zero-order chi connectivity index (χ0) is 17.6. The Bertz CT molecular complexity index is 888. The first-order chi connectivity index (χ1) is 11.2. The van der Waals surface area contributed by atoms with Crippen molar-refractivity contribution in [3.63, 3.8) is 0 Å². The summed E-state index contributed by atoms with van der Waals surface area (Å²) in [7, 11) is 0. The number of hydrogen-bond acceptors (Lipinski definition) is 1. The number of nitrogens with one attached hydrogen (secondary N) is 1. The van der Waals surface area contributed by atoms with Crippen LogP contribution in [0.1, 0.15) is 52.7 Å². The van der Waals surface area contributed by atoms with Crippen molar-refractivity contribution < 1.29 is 0 Å². The van der Waals surface area contributed by atoms with Gasteiger partial charge < -0.3 is 5.41 Å². The Labute approximate surface area is 145 Å². The molecule has 2 aromatic carbocycles. The summed E-state index contributed by atoms with van der Waals surface area (Å²) in [4.78, 5) is 0. The van der Waals surface area contributed by atoms with Crippen molar-refractivity contribution in [3.8, 4) is 0 Å². The van der Waals surface area contributed by atoms with Crippen molar-refractivity contribution in [2.24, 2.45) is 11.3 Å². The third kappa shape index (κ3) is 2.62. The molecule has 0 amide bonds. The van der Waals surface area contributed by atoms with Gasteiger partial charge in [-0.25, -0.2) is 0 Å². The first kappa shape index (κ1) is 16.7. The van der Waals surface area contributed by atoms with E-state index in [2.05, 4.69) is 84.0 Å². The van der Waals surface area contributed by atoms with Gasteiger partial charge >= 0.3 is 0 Å². The van der Waals surface area contributed by atoms with Crippen molar-refractivity contribution in [2.45, 2.75) is 41.5 Å². The highest BCUT2D eigenvalue weighted by Crippen LogP contribution is 2.42. The van der Waals surface area contributed by atoms with E-state index in [1.165, 1.54) is 33.1 Å². The summed E-state index contributed by atoms with van der Waals surface area (Å²) in [6, 6.07) is 12.9. The van der Waals surface area contributed by atoms with Crippen LogP contribution in [0.4, 0.5) is 0 Å². The Hall–Kier alpha value is -2.15. The predicted molar refractivity (Wildman–Crippen MR) is 106 cm³/mol. The van der Waals surface area contributed by atoms with Crippen molar-refractivity contribution in [3.05, 3.63) is 64.7 Å². The second kappa shape index (κ2) is 5.73. The molecule has 1 aliphatic rings. The summed E-state index contributed by atoms with van der Waals surface area (Å²) >= 11 is 0. The van der Waals surface area contributed by atoms with Gasteiger partial charge in [-0.05, 0) is 41.3 Å². The molecule has 0 aromatic heterocycles. The number of fused-ring (bicyclic) bond motifs is 1. The van der Waals surface area contributed by atoms with E-state index in [4.69, 9.17) is 5.41 Å². The number of rotatable bonds is 2. The maximum atomic E-state index is 8.91. The molecule has 124 valence electrons. The molecule has 1 nitrogen and oxygen atoms in total. The number of benzene rings is 2. The van der Waals surface area contributed by atoms with Gasteiger partial charge in [-0.2, -0.15) is 0 Å². The minimum absolute atomic E-state index is 0.183. The van der Waals surface area contributed by atoms with Crippen LogP contribution in [0.3, 0.4) is 0 Å². The average molecular weight is 317 g/mol. The Kier molecular flexibility index (Phi) is 3.99. The molecule has 1 atom stereocenters. The molecule has 0 saturated carbocycles. The van der Waals surface area contributed by atoms with Crippen LogP contribution in [-0.2, 0) is 0 Å². The van der Waals surface area contributed by atoms with Crippen LogP contribution < -0.4 is 0 Å². The molecule has 0 aliphatic heterocycles. The monoisotopic (exact) mass is 317 g/mol. The van der Waals surface area contributed by atoms with E-state index < -0.39 is 0 Å². The molecule has 1 heteroatoms. The normalized spacial score (nSPS) is 18.2. The second-order valence-corrected chi connectivity index (χ2v) is 8.01. The largest absolute Gasteiger partial charge is 0.304 e. The Morgan fingerprint density at radius 2 is 1.67 bits per heavy atom. The van der Waals surface area contributed by atoms with Crippen molar-refractivity contribution in [2.75, 3.05) is 0 Å². The highest BCUT2D eigenvalue weighted by atomic mass is 14.5. The summed E-state index contributed by atoms with van der Waals surface area (Å²) in [6.07, 6.45) is 2.34. The third-order valence-corrected chi connectivity index (χ3v) is 5.17. The van der Waals surface area contributed by atoms with E-state index in [1.54, 1.807) is 0 Å². The lowest BCUT2D eigenvalue weighted by molar-refractivity contribution is 0.589. The molecule has 0 bridgehead atoms. The average Bonchev–Trinajstić information content (AvgIpc) is 2.77. The molecule has 2 aromatic rings. The fourth-order valence-electron chi connectivity index (χ4n) is 3.72. The predicted octanol–water partition coefficient (Wildman–Crippen LogP) is 6.62. The van der Waals surface area contributed by atoms with Gasteiger partial charge in [-0.1, -0.05) is 75.7 Å². The summed E-state index contributed by atoms with van der Waals surface area (Å²) in [5, 5.41) is 11.3. The van der Waals surface area contributed by atoms with E-state index >= 15 is 0 Å². The lowest BCUT2D eigenvalue weighted by Crippen LogP contribution is -2.22. The minimum Gasteiger partial charge on any atom is -0.304 e. The van der Waals surface area contributed by atoms with Gasteiger partial charge in [0.05, 0.1) is 0 Å². The van der Waals surface area contributed by atoms with Crippen molar-refractivity contribution >= 4 is 22.1 Å². The molecule has 1 aliphatic carbocycles. The second-order valence-electron chi connectivity index (χ2n) is 8.01. The molecular formula is C23H27N. The van der Waals surface area contributed by atoms with Crippen LogP contribution in [0.25, 0.3) is 16.3 Å². The van der Waals surface area contributed by atoms with E-state index in [1.807, 2.05) is 0 Å². The summed E-state index contributed by atoms with van der Waals surface area (Å²) < 4.78 is 0. The quantitative estimate of drug-likeness (QED) is 0.602. The van der Waals surface area contributed by atoms with E-state index in [9.17, 15) is 0 Å². The van der Waals surface area contributed by atoms with Crippen LogP contribution >= 0.6 is 0 Å². The molecule has 0 heterocycles. The van der Waals surface area contributed by atoms with Crippen LogP contribution in [0.15, 0.2) is 53.6 Å². The standard InChI is InChI=1S/C23H27N/c1-14-13-15(2)20(16(14)3)19-12-11-17-9-7-8-10-18(17)21(19)22(24)23(4,5)6/h7-13,15,24H,1-6H3. The van der Waals surface area contributed by atoms with Gasteiger partial charge in [0, 0.05) is 22.6 Å². The topological polar surface area (TPSA) is 23.9 Å². The first-order valence-electron chi connectivity index (χ1n) is 8.73. The summed E-state index contributed by atoms with van der Waals surface area (Å²) in [5.74, 6) is 0.401. The van der Waals surface area contributed by atoms with Crippen molar-refractivity contribution in [1.29, 1.82) is 5.41 Å². The molecule has 0 saturated heterocycles. The van der Waals surface area contributed by atoms with E-state index in [0.717, 1.165) is 5.56 Å². The highest BCUT2D eigenvalue weighted by molar-refractivity contribution is 6.15. The Morgan fingerprint density at radius 3 is 2.25 bits per heavy atom. The fraction of sp³-hybridized carbons (Fsp3) is 0.348. The van der Waals surface area contributed by atoms with Gasteiger partial charge in [-0.15, -0.1) is 0 Å². The van der Waals surface area contributed by atoms with E-state index in [-0.39, 0.29) is 5.41 Å². The minimum atomic E-state index is -0.183. The molecule has 0 spiro atoms. The van der Waals surface area contributed by atoms with Crippen LogP contribution in [0, 0.1) is 16.7 Å². The Morgan fingerprint density at radius 1 is 1.00 bits per heavy atom. The SMILES string of the molecule is CC1=CC(C)C(c2ccc3ccccc3c2C(=N)C(C)(C)C)=C1C. The number of hydrogen-bond donors (Lipinski definition) is 1. The summed E-state index contributed by atoms with van der Waals surface area (Å²) in [5.41, 5.74) is 6.96. The fourth-order valence-corrected chi connectivity index (χ4v) is 3.72. The molecule has 1 unspecified atom stereocenters. The molecule has 1 N–H and O–H groups in total. The number of allylic oxidation sites excluding steroid dienone is 4. The zero-order valence-corrected chi connectivity index (χ0v) is 15.6. The maximum absolute atomic E-state index is 8.91. The van der Waals surface area contributed by atoms with Crippen molar-refractivity contribution in [1.82, 2.24) is 0 Å². The molecular weight excluding hydrogens is 290 g/mol. The smallest absolute Gasteiger partial charge is 0.0451 e. The first-order valence-corrected chi connectivity index (χ1v) is 8.73. The lowest BCUT2D eigenvalue weighted by Gasteiger charge is -2.25. The maximum Gasteiger partial charge on any atom is 0.0451 e. The van der Waals surface area contributed by atoms with Crippen LogP contribution in [-0.4, -0.2) is 5.71 Å². The molecule has 0 fully saturated rings. The van der Waals surface area contributed by atoms with Crippen LogP contribution in [0.2, 0.25) is 0 Å². The molecule has 3 rings (SSSR count). The van der Waals surface area contributed by atoms with E-state index in [0.29, 0.717) is 11.6 Å². The Balaban J connectivity index is 2.36. The highest BCUT2D eigenvalue weighted by Gasteiger charge is 2.28. The van der Waals surface area contributed by atoms with Gasteiger partial charge in [0.1, 0.15) is 0 Å². The van der Waals surface area contributed by atoms with Gasteiger partial charge in [0.2, 0.25) is 0 Å². The zero-order valence-electron chi connectivity index (χ0n) is 15.6. The lowest BCUT2D eigenvalue weighted by atomic mass is 9.79. The molecule has 24 heavy (non-hydrogen) atoms. The van der Waals surface area contributed by atoms with Gasteiger partial charge in [-0.3, -0.25) is 0 Å². The van der Waals surface area contributed by atoms with Gasteiger partial charge in [0.15, 0.2) is 0 Å². The van der Waals surface area contributed by atoms with Gasteiger partial charge in [0.25, 0.3) is 0 Å². The van der Waals surface area contributed by atoms with Crippen LogP contribution in [0.5, 0.6) is 0 Å². The summed E-state index contributed by atoms with van der Waals surface area (Å²) in [6.45, 7) is 13.0. The third-order valence-electron chi connectivity index (χ3n) is 5.17. The molecule has 0 radical (unpaired) electrons.